The summed E-state index contributed by atoms with van der Waals surface area (Å²) in [7, 11) is 1.31. The first-order chi connectivity index (χ1) is 20.5. The van der Waals surface area contributed by atoms with Crippen LogP contribution in [-0.2, 0) is 19.1 Å². The first-order valence-electron chi connectivity index (χ1n) is 14.6. The Morgan fingerprint density at radius 2 is 0.778 bits per heavy atom. The molecule has 45 heavy (non-hydrogen) atoms. The van der Waals surface area contributed by atoms with Crippen LogP contribution in [0.3, 0.4) is 0 Å². The lowest BCUT2D eigenvalue weighted by molar-refractivity contribution is -0.440. The smallest absolute Gasteiger partial charge is 0.460 e. The van der Waals surface area contributed by atoms with E-state index in [2.05, 4.69) is 16.4 Å². The second kappa shape index (κ2) is 17.3. The fourth-order valence-electron chi connectivity index (χ4n) is 4.78. The van der Waals surface area contributed by atoms with E-state index in [9.17, 15) is 66.7 Å². The number of rotatable bonds is 23. The molecule has 0 heterocycles. The predicted octanol–water partition coefficient (Wildman–Crippen LogP) is 10.3. The molecule has 0 fully saturated rings. The summed E-state index contributed by atoms with van der Waals surface area (Å²) in [4.78, 5) is 25.0. The summed E-state index contributed by atoms with van der Waals surface area (Å²) in [5, 5.41) is 0. The van der Waals surface area contributed by atoms with Crippen molar-refractivity contribution in [2.24, 2.45) is 5.41 Å². The van der Waals surface area contributed by atoms with E-state index in [1.165, 1.54) is 12.8 Å². The molecule has 0 aromatic rings. The molecule has 0 aromatic heterocycles. The van der Waals surface area contributed by atoms with Gasteiger partial charge in [0.15, 0.2) is 5.41 Å². The standard InChI is InChI=1S/C28H41F13O4/c1-4-5-6-7-8-9-10-11-12-13-14-15-16-17-22(20(42)44-2,21(43)45-3)18-19-23(29,30)24(31,32)25(33,34)26(35,36)27(37,38)28(39,40)41/h4-19H2,1-3H3. The van der Waals surface area contributed by atoms with Crippen molar-refractivity contribution in [3.63, 3.8) is 0 Å². The maximum absolute atomic E-state index is 14.5. The Balaban J connectivity index is 5.61. The molecule has 0 amide bonds. The molecule has 0 spiro atoms. The van der Waals surface area contributed by atoms with E-state index >= 15 is 0 Å². The van der Waals surface area contributed by atoms with E-state index < -0.39 is 72.4 Å². The maximum Gasteiger partial charge on any atom is 0.460 e. The maximum atomic E-state index is 14.5. The molecule has 17 heteroatoms. The molecule has 4 nitrogen and oxygen atoms in total. The minimum absolute atomic E-state index is 0.102. The topological polar surface area (TPSA) is 52.6 Å². The lowest BCUT2D eigenvalue weighted by Crippen LogP contribution is -2.70. The monoisotopic (exact) mass is 688 g/mol. The Bertz CT molecular complexity index is 889. The molecule has 0 aliphatic carbocycles. The van der Waals surface area contributed by atoms with Crippen LogP contribution in [0.4, 0.5) is 57.1 Å². The zero-order chi connectivity index (χ0) is 35.4. The van der Waals surface area contributed by atoms with Crippen LogP contribution < -0.4 is 0 Å². The average molecular weight is 689 g/mol. The number of methoxy groups -OCH3 is 2. The number of unbranched alkanes of at least 4 members (excludes halogenated alkanes) is 12. The number of esters is 2. The summed E-state index contributed by atoms with van der Waals surface area (Å²) in [6.07, 6.45) is -1.68. The molecule has 0 aromatic carbocycles. The van der Waals surface area contributed by atoms with Crippen molar-refractivity contribution in [1.82, 2.24) is 0 Å². The Morgan fingerprint density at radius 3 is 1.11 bits per heavy atom. The summed E-state index contributed by atoms with van der Waals surface area (Å²) in [6.45, 7) is 2.11. The molecular formula is C28H41F13O4. The van der Waals surface area contributed by atoms with Gasteiger partial charge in [-0.25, -0.2) is 0 Å². The third-order valence-corrected chi connectivity index (χ3v) is 7.72. The molecule has 0 bridgehead atoms. The molecule has 0 unspecified atom stereocenters. The summed E-state index contributed by atoms with van der Waals surface area (Å²) in [6, 6.07) is 0. The largest absolute Gasteiger partial charge is 0.468 e. The Kier molecular flexibility index (Phi) is 16.5. The normalized spacial score (nSPS) is 14.0. The van der Waals surface area contributed by atoms with Crippen LogP contribution in [-0.4, -0.2) is 61.9 Å². The molecule has 268 valence electrons. The minimum atomic E-state index is -8.04. The van der Waals surface area contributed by atoms with Crippen molar-refractivity contribution in [2.45, 2.75) is 145 Å². The minimum Gasteiger partial charge on any atom is -0.468 e. The van der Waals surface area contributed by atoms with Crippen LogP contribution in [0.5, 0.6) is 0 Å². The van der Waals surface area contributed by atoms with E-state index in [1.54, 1.807) is 0 Å². The average Bonchev–Trinajstić information content (AvgIpc) is 2.95. The van der Waals surface area contributed by atoms with Crippen molar-refractivity contribution in [3.8, 4) is 0 Å². The number of alkyl halides is 13. The second-order valence-corrected chi connectivity index (χ2v) is 11.1. The summed E-state index contributed by atoms with van der Waals surface area (Å²) in [5.74, 6) is -41.1. The zero-order valence-corrected chi connectivity index (χ0v) is 25.4. The fraction of sp³-hybridized carbons (Fsp3) is 0.929. The third-order valence-electron chi connectivity index (χ3n) is 7.72. The number of carbonyl (C=O) groups excluding carboxylic acids is 2. The third kappa shape index (κ3) is 10.0. The van der Waals surface area contributed by atoms with Crippen LogP contribution in [0, 0.1) is 5.41 Å². The van der Waals surface area contributed by atoms with Gasteiger partial charge < -0.3 is 9.47 Å². The highest BCUT2D eigenvalue weighted by molar-refractivity contribution is 6.00. The molecule has 0 atom stereocenters. The van der Waals surface area contributed by atoms with E-state index in [1.807, 2.05) is 0 Å². The fourth-order valence-corrected chi connectivity index (χ4v) is 4.78. The van der Waals surface area contributed by atoms with Gasteiger partial charge in [-0.1, -0.05) is 90.4 Å². The highest BCUT2D eigenvalue weighted by Crippen LogP contribution is 2.61. The molecule has 0 saturated carbocycles. The van der Waals surface area contributed by atoms with Crippen molar-refractivity contribution >= 4 is 11.9 Å². The van der Waals surface area contributed by atoms with Gasteiger partial charge in [-0.2, -0.15) is 57.1 Å². The summed E-state index contributed by atoms with van der Waals surface area (Å²) < 4.78 is 184. The van der Waals surface area contributed by atoms with Gasteiger partial charge in [-0.05, 0) is 12.8 Å². The molecule has 0 aliphatic rings. The van der Waals surface area contributed by atoms with Gasteiger partial charge in [0.25, 0.3) is 0 Å². The lowest BCUT2D eigenvalue weighted by atomic mass is 9.76. The highest BCUT2D eigenvalue weighted by Gasteiger charge is 2.90. The highest BCUT2D eigenvalue weighted by atomic mass is 19.4. The van der Waals surface area contributed by atoms with Gasteiger partial charge in [0.05, 0.1) is 14.2 Å². The van der Waals surface area contributed by atoms with E-state index in [-0.39, 0.29) is 12.8 Å². The van der Waals surface area contributed by atoms with E-state index in [0.29, 0.717) is 27.1 Å². The molecule has 0 rings (SSSR count). The van der Waals surface area contributed by atoms with E-state index in [0.717, 1.165) is 44.9 Å². The van der Waals surface area contributed by atoms with Crippen LogP contribution in [0.25, 0.3) is 0 Å². The first-order valence-corrected chi connectivity index (χ1v) is 14.6. The van der Waals surface area contributed by atoms with Crippen LogP contribution in [0.2, 0.25) is 0 Å². The Labute approximate surface area is 253 Å². The lowest BCUT2D eigenvalue weighted by Gasteiger charge is -2.40. The molecule has 0 N–H and O–H groups in total. The number of hydrogen-bond acceptors (Lipinski definition) is 4. The van der Waals surface area contributed by atoms with Gasteiger partial charge in [-0.15, -0.1) is 0 Å². The Morgan fingerprint density at radius 1 is 0.444 bits per heavy atom. The van der Waals surface area contributed by atoms with Crippen LogP contribution >= 0.6 is 0 Å². The van der Waals surface area contributed by atoms with Gasteiger partial charge in [0.1, 0.15) is 0 Å². The van der Waals surface area contributed by atoms with Gasteiger partial charge >= 0.3 is 47.7 Å². The zero-order valence-electron chi connectivity index (χ0n) is 25.4. The second-order valence-electron chi connectivity index (χ2n) is 11.1. The number of ether oxygens (including phenoxy) is 2. The summed E-state index contributed by atoms with van der Waals surface area (Å²) in [5.41, 5.74) is -2.84. The van der Waals surface area contributed by atoms with Crippen molar-refractivity contribution in [2.75, 3.05) is 14.2 Å². The molecular weight excluding hydrogens is 647 g/mol. The van der Waals surface area contributed by atoms with Gasteiger partial charge in [-0.3, -0.25) is 9.59 Å². The quantitative estimate of drug-likeness (QED) is 0.0464. The number of hydrogen-bond donors (Lipinski definition) is 0. The molecule has 0 saturated heterocycles. The van der Waals surface area contributed by atoms with Crippen molar-refractivity contribution in [3.05, 3.63) is 0 Å². The van der Waals surface area contributed by atoms with Crippen molar-refractivity contribution in [1.29, 1.82) is 0 Å². The van der Waals surface area contributed by atoms with Crippen LogP contribution in [0.15, 0.2) is 0 Å². The number of halogens is 13. The van der Waals surface area contributed by atoms with Gasteiger partial charge in [0.2, 0.25) is 0 Å². The summed E-state index contributed by atoms with van der Waals surface area (Å²) >= 11 is 0. The first kappa shape index (κ1) is 43.0. The Hall–Kier alpha value is -1.97. The molecule has 0 radical (unpaired) electrons. The van der Waals surface area contributed by atoms with Gasteiger partial charge in [0, 0.05) is 6.42 Å². The van der Waals surface area contributed by atoms with E-state index in [4.69, 9.17) is 0 Å². The SMILES string of the molecule is CCCCCCCCCCCCCCCC(CCC(F)(F)C(F)(F)C(F)(F)C(F)(F)C(F)(F)C(F)(F)F)(C(=O)OC)C(=O)OC. The number of carbonyl (C=O) groups is 2. The van der Waals surface area contributed by atoms with Crippen molar-refractivity contribution < 1.29 is 76.1 Å². The predicted molar refractivity (Wildman–Crippen MR) is 137 cm³/mol. The molecule has 0 aliphatic heterocycles. The van der Waals surface area contributed by atoms with Crippen LogP contribution in [0.1, 0.15) is 110 Å².